The van der Waals surface area contributed by atoms with Crippen molar-refractivity contribution in [2.24, 2.45) is 0 Å². The summed E-state index contributed by atoms with van der Waals surface area (Å²) in [5, 5.41) is 5.31. The van der Waals surface area contributed by atoms with Gasteiger partial charge < -0.3 is 20.1 Å². The second-order valence-corrected chi connectivity index (χ2v) is 7.55. The van der Waals surface area contributed by atoms with Crippen molar-refractivity contribution in [2.45, 2.75) is 19.1 Å². The van der Waals surface area contributed by atoms with Gasteiger partial charge in [0.1, 0.15) is 12.4 Å². The maximum atomic E-state index is 12.3. The van der Waals surface area contributed by atoms with Crippen LogP contribution in [-0.4, -0.2) is 43.1 Å². The lowest BCUT2D eigenvalue weighted by molar-refractivity contribution is -0.115. The summed E-state index contributed by atoms with van der Waals surface area (Å²) >= 11 is 1.29. The highest BCUT2D eigenvalue weighted by molar-refractivity contribution is 8.01. The van der Waals surface area contributed by atoms with Crippen LogP contribution in [0.1, 0.15) is 12.5 Å². The van der Waals surface area contributed by atoms with Crippen molar-refractivity contribution >= 4 is 35.0 Å². The maximum Gasteiger partial charge on any atom is 0.237 e. The van der Waals surface area contributed by atoms with Crippen molar-refractivity contribution in [3.05, 3.63) is 54.1 Å². The average Bonchev–Trinajstić information content (AvgIpc) is 2.69. The molecule has 0 aliphatic carbocycles. The van der Waals surface area contributed by atoms with E-state index in [2.05, 4.69) is 10.6 Å². The van der Waals surface area contributed by atoms with Gasteiger partial charge in [-0.05, 0) is 50.2 Å². The van der Waals surface area contributed by atoms with Crippen molar-refractivity contribution in [3.8, 4) is 5.75 Å². The van der Waals surface area contributed by atoms with E-state index in [1.807, 2.05) is 31.2 Å². The molecule has 28 heavy (non-hydrogen) atoms. The Kier molecular flexibility index (Phi) is 8.84. The molecule has 0 bridgehead atoms. The molecule has 2 aromatic carbocycles. The van der Waals surface area contributed by atoms with Crippen LogP contribution in [-0.2, 0) is 14.3 Å². The summed E-state index contributed by atoms with van der Waals surface area (Å²) in [6.07, 6.45) is 0. The molecule has 0 heterocycles. The molecule has 7 heteroatoms. The molecule has 0 spiro atoms. The molecule has 1 atom stereocenters. The predicted molar refractivity (Wildman–Crippen MR) is 114 cm³/mol. The average molecular weight is 403 g/mol. The van der Waals surface area contributed by atoms with Gasteiger partial charge in [0.15, 0.2) is 0 Å². The molecule has 150 valence electrons. The molecule has 2 aromatic rings. The van der Waals surface area contributed by atoms with Crippen molar-refractivity contribution in [1.29, 1.82) is 0 Å². The zero-order valence-corrected chi connectivity index (χ0v) is 17.2. The highest BCUT2D eigenvalue weighted by Crippen LogP contribution is 2.18. The molecule has 2 N–H and O–H groups in total. The molecule has 0 fully saturated rings. The highest BCUT2D eigenvalue weighted by Gasteiger charge is 2.15. The molecular formula is C21H26N2O4S. The second kappa shape index (κ2) is 11.4. The summed E-state index contributed by atoms with van der Waals surface area (Å²) in [4.78, 5) is 24.3. The molecule has 2 amide bonds. The summed E-state index contributed by atoms with van der Waals surface area (Å²) in [5.41, 5.74) is 2.56. The fourth-order valence-electron chi connectivity index (χ4n) is 2.23. The fraction of sp³-hybridized carbons (Fsp3) is 0.333. The van der Waals surface area contributed by atoms with Gasteiger partial charge in [-0.1, -0.05) is 17.7 Å². The second-order valence-electron chi connectivity index (χ2n) is 6.22. The van der Waals surface area contributed by atoms with E-state index in [-0.39, 0.29) is 22.8 Å². The standard InChI is InChI=1S/C21H26N2O4S/c1-15-4-6-17(7-5-15)22-20(24)14-28-16(2)21(25)23-18-8-10-19(11-9-18)27-13-12-26-3/h4-11,16H,12-14H2,1-3H3,(H,22,24)(H,23,25). The number of nitrogens with one attached hydrogen (secondary N) is 2. The van der Waals surface area contributed by atoms with E-state index in [0.717, 1.165) is 11.3 Å². The molecule has 0 saturated heterocycles. The van der Waals surface area contributed by atoms with E-state index in [4.69, 9.17) is 9.47 Å². The normalized spacial score (nSPS) is 11.5. The Labute approximate surface area is 170 Å². The van der Waals surface area contributed by atoms with E-state index in [9.17, 15) is 9.59 Å². The third kappa shape index (κ3) is 7.62. The minimum Gasteiger partial charge on any atom is -0.491 e. The Balaban J connectivity index is 1.74. The fourth-order valence-corrected chi connectivity index (χ4v) is 2.92. The zero-order chi connectivity index (χ0) is 20.4. The van der Waals surface area contributed by atoms with Crippen LogP contribution in [0.3, 0.4) is 0 Å². The summed E-state index contributed by atoms with van der Waals surface area (Å²) in [5.74, 6) is 0.631. The SMILES string of the molecule is COCCOc1ccc(NC(=O)C(C)SCC(=O)Nc2ccc(C)cc2)cc1. The number of aryl methyl sites for hydroxylation is 1. The highest BCUT2D eigenvalue weighted by atomic mass is 32.2. The maximum absolute atomic E-state index is 12.3. The van der Waals surface area contributed by atoms with Gasteiger partial charge >= 0.3 is 0 Å². The Hall–Kier alpha value is -2.51. The van der Waals surface area contributed by atoms with E-state index >= 15 is 0 Å². The molecule has 2 rings (SSSR count). The monoisotopic (exact) mass is 402 g/mol. The molecule has 0 aromatic heterocycles. The molecule has 0 aliphatic rings. The minimum absolute atomic E-state index is 0.133. The van der Waals surface area contributed by atoms with Crippen LogP contribution in [0.25, 0.3) is 0 Å². The van der Waals surface area contributed by atoms with Crippen molar-refractivity contribution in [2.75, 3.05) is 36.7 Å². The number of hydrogen-bond acceptors (Lipinski definition) is 5. The Bertz CT molecular complexity index is 763. The summed E-state index contributed by atoms with van der Waals surface area (Å²) in [7, 11) is 1.62. The number of thioether (sulfide) groups is 1. The lowest BCUT2D eigenvalue weighted by Gasteiger charge is -2.13. The van der Waals surface area contributed by atoms with Crippen LogP contribution in [0, 0.1) is 6.92 Å². The first-order chi connectivity index (χ1) is 13.5. The van der Waals surface area contributed by atoms with Gasteiger partial charge in [-0.3, -0.25) is 9.59 Å². The van der Waals surface area contributed by atoms with E-state index in [1.165, 1.54) is 11.8 Å². The first-order valence-corrected chi connectivity index (χ1v) is 10.0. The first-order valence-electron chi connectivity index (χ1n) is 8.98. The lowest BCUT2D eigenvalue weighted by Crippen LogP contribution is -2.25. The third-order valence-corrected chi connectivity index (χ3v) is 4.99. The number of amides is 2. The number of anilines is 2. The Morgan fingerprint density at radius 3 is 2.21 bits per heavy atom. The van der Waals surface area contributed by atoms with Crippen molar-refractivity contribution in [3.63, 3.8) is 0 Å². The predicted octanol–water partition coefficient (Wildman–Crippen LogP) is 3.72. The molecular weight excluding hydrogens is 376 g/mol. The third-order valence-electron chi connectivity index (χ3n) is 3.85. The molecule has 0 aliphatic heterocycles. The van der Waals surface area contributed by atoms with Crippen molar-refractivity contribution in [1.82, 2.24) is 0 Å². The van der Waals surface area contributed by atoms with Gasteiger partial charge in [-0.25, -0.2) is 0 Å². The Morgan fingerprint density at radius 2 is 1.57 bits per heavy atom. The molecule has 6 nitrogen and oxygen atoms in total. The number of hydrogen-bond donors (Lipinski definition) is 2. The van der Waals surface area contributed by atoms with Gasteiger partial charge in [-0.2, -0.15) is 0 Å². The van der Waals surface area contributed by atoms with Gasteiger partial charge in [0.2, 0.25) is 11.8 Å². The van der Waals surface area contributed by atoms with Gasteiger partial charge in [-0.15, -0.1) is 11.8 Å². The quantitative estimate of drug-likeness (QED) is 0.593. The number of carbonyl (C=O) groups excluding carboxylic acids is 2. The van der Waals surface area contributed by atoms with Crippen molar-refractivity contribution < 1.29 is 19.1 Å². The van der Waals surface area contributed by atoms with Crippen LogP contribution in [0.4, 0.5) is 11.4 Å². The number of carbonyl (C=O) groups is 2. The van der Waals surface area contributed by atoms with E-state index in [1.54, 1.807) is 38.3 Å². The molecule has 1 unspecified atom stereocenters. The zero-order valence-electron chi connectivity index (χ0n) is 16.4. The van der Waals surface area contributed by atoms with Gasteiger partial charge in [0.05, 0.1) is 17.6 Å². The topological polar surface area (TPSA) is 76.7 Å². The largest absolute Gasteiger partial charge is 0.491 e. The number of ether oxygens (including phenoxy) is 2. The first kappa shape index (κ1) is 21.8. The lowest BCUT2D eigenvalue weighted by atomic mass is 10.2. The van der Waals surface area contributed by atoms with Crippen LogP contribution in [0.5, 0.6) is 5.75 Å². The summed E-state index contributed by atoms with van der Waals surface area (Å²) in [6, 6.07) is 14.7. The van der Waals surface area contributed by atoms with E-state index < -0.39 is 0 Å². The van der Waals surface area contributed by atoms with Crippen LogP contribution < -0.4 is 15.4 Å². The van der Waals surface area contributed by atoms with Gasteiger partial charge in [0, 0.05) is 18.5 Å². The number of methoxy groups -OCH3 is 1. The minimum atomic E-state index is -0.360. The molecule has 0 saturated carbocycles. The van der Waals surface area contributed by atoms with Crippen LogP contribution in [0.15, 0.2) is 48.5 Å². The Morgan fingerprint density at radius 1 is 0.964 bits per heavy atom. The van der Waals surface area contributed by atoms with Crippen LogP contribution >= 0.6 is 11.8 Å². The van der Waals surface area contributed by atoms with E-state index in [0.29, 0.717) is 24.7 Å². The van der Waals surface area contributed by atoms with Crippen LogP contribution in [0.2, 0.25) is 0 Å². The summed E-state index contributed by atoms with van der Waals surface area (Å²) in [6.45, 7) is 4.76. The number of rotatable bonds is 10. The molecule has 0 radical (unpaired) electrons. The summed E-state index contributed by atoms with van der Waals surface area (Å²) < 4.78 is 10.4. The number of benzene rings is 2. The van der Waals surface area contributed by atoms with Gasteiger partial charge in [0.25, 0.3) is 0 Å². The smallest absolute Gasteiger partial charge is 0.237 e.